The zero-order valence-electron chi connectivity index (χ0n) is 18.3. The van der Waals surface area contributed by atoms with Gasteiger partial charge in [-0.15, -0.1) is 0 Å². The van der Waals surface area contributed by atoms with E-state index in [-0.39, 0.29) is 5.91 Å². The SMILES string of the molecule is Cc1ccc(CNC(=O)c2ccc(CNc3ccc(C)c(C)c3S(C)(=O)=O)cc2)cc1. The highest BCUT2D eigenvalue weighted by atomic mass is 32.2. The zero-order valence-corrected chi connectivity index (χ0v) is 19.1. The summed E-state index contributed by atoms with van der Waals surface area (Å²) in [5.41, 5.74) is 6.05. The van der Waals surface area contributed by atoms with E-state index in [9.17, 15) is 13.2 Å². The normalized spacial score (nSPS) is 11.2. The second-order valence-corrected chi connectivity index (χ2v) is 9.83. The van der Waals surface area contributed by atoms with Crippen LogP contribution in [-0.2, 0) is 22.9 Å². The van der Waals surface area contributed by atoms with Gasteiger partial charge < -0.3 is 10.6 Å². The van der Waals surface area contributed by atoms with Crippen LogP contribution in [0.5, 0.6) is 0 Å². The van der Waals surface area contributed by atoms with E-state index in [4.69, 9.17) is 0 Å². The van der Waals surface area contributed by atoms with Crippen molar-refractivity contribution >= 4 is 21.4 Å². The van der Waals surface area contributed by atoms with Crippen LogP contribution < -0.4 is 10.6 Å². The maximum atomic E-state index is 12.4. The number of sulfone groups is 1. The Morgan fingerprint density at radius 3 is 2.00 bits per heavy atom. The van der Waals surface area contributed by atoms with E-state index in [1.54, 1.807) is 18.2 Å². The molecular formula is C25H28N2O3S. The average Bonchev–Trinajstić information content (AvgIpc) is 2.73. The number of rotatable bonds is 7. The number of hydrogen-bond acceptors (Lipinski definition) is 4. The topological polar surface area (TPSA) is 75.3 Å². The van der Waals surface area contributed by atoms with Gasteiger partial charge in [-0.25, -0.2) is 8.42 Å². The summed E-state index contributed by atoms with van der Waals surface area (Å²) in [7, 11) is -3.36. The molecule has 0 fully saturated rings. The molecule has 0 aliphatic heterocycles. The Morgan fingerprint density at radius 2 is 1.39 bits per heavy atom. The summed E-state index contributed by atoms with van der Waals surface area (Å²) in [5.74, 6) is -0.131. The molecule has 31 heavy (non-hydrogen) atoms. The molecule has 0 aliphatic rings. The van der Waals surface area contributed by atoms with Gasteiger partial charge >= 0.3 is 0 Å². The lowest BCUT2D eigenvalue weighted by Gasteiger charge is -2.15. The van der Waals surface area contributed by atoms with Gasteiger partial charge in [-0.3, -0.25) is 4.79 Å². The first-order valence-electron chi connectivity index (χ1n) is 10.1. The molecule has 162 valence electrons. The minimum absolute atomic E-state index is 0.131. The van der Waals surface area contributed by atoms with E-state index in [0.717, 1.165) is 22.3 Å². The number of anilines is 1. The van der Waals surface area contributed by atoms with Crippen LogP contribution in [0, 0.1) is 20.8 Å². The summed E-state index contributed by atoms with van der Waals surface area (Å²) >= 11 is 0. The van der Waals surface area contributed by atoms with E-state index >= 15 is 0 Å². The molecular weight excluding hydrogens is 408 g/mol. The van der Waals surface area contributed by atoms with Crippen LogP contribution in [0.25, 0.3) is 0 Å². The Balaban J connectivity index is 1.64. The minimum atomic E-state index is -3.36. The minimum Gasteiger partial charge on any atom is -0.380 e. The van der Waals surface area contributed by atoms with Crippen molar-refractivity contribution in [3.63, 3.8) is 0 Å². The predicted octanol–water partition coefficient (Wildman–Crippen LogP) is 4.56. The molecule has 0 aliphatic carbocycles. The van der Waals surface area contributed by atoms with E-state index in [0.29, 0.717) is 29.2 Å². The quantitative estimate of drug-likeness (QED) is 0.569. The highest BCUT2D eigenvalue weighted by Gasteiger charge is 2.17. The summed E-state index contributed by atoms with van der Waals surface area (Å²) < 4.78 is 24.5. The van der Waals surface area contributed by atoms with Gasteiger partial charge in [0.25, 0.3) is 5.91 Å². The van der Waals surface area contributed by atoms with Crippen LogP contribution in [0.15, 0.2) is 65.6 Å². The lowest BCUT2D eigenvalue weighted by atomic mass is 10.1. The van der Waals surface area contributed by atoms with Crippen molar-refractivity contribution in [3.8, 4) is 0 Å². The van der Waals surface area contributed by atoms with Crippen LogP contribution in [0.4, 0.5) is 5.69 Å². The predicted molar refractivity (Wildman–Crippen MR) is 125 cm³/mol. The van der Waals surface area contributed by atoms with Crippen molar-refractivity contribution < 1.29 is 13.2 Å². The number of hydrogen-bond donors (Lipinski definition) is 2. The van der Waals surface area contributed by atoms with E-state index in [2.05, 4.69) is 10.6 Å². The van der Waals surface area contributed by atoms with Gasteiger partial charge in [0.2, 0.25) is 0 Å². The highest BCUT2D eigenvalue weighted by molar-refractivity contribution is 7.91. The lowest BCUT2D eigenvalue weighted by molar-refractivity contribution is 0.0951. The number of carbonyl (C=O) groups is 1. The van der Waals surface area contributed by atoms with Gasteiger partial charge in [0.1, 0.15) is 0 Å². The Kier molecular flexibility index (Phi) is 6.81. The molecule has 0 radical (unpaired) electrons. The zero-order chi connectivity index (χ0) is 22.6. The molecule has 2 N–H and O–H groups in total. The van der Waals surface area contributed by atoms with Crippen molar-refractivity contribution in [2.24, 2.45) is 0 Å². The Bertz CT molecular complexity index is 1180. The summed E-state index contributed by atoms with van der Waals surface area (Å²) in [5, 5.41) is 6.15. The molecule has 3 aromatic rings. The van der Waals surface area contributed by atoms with Crippen LogP contribution in [0.3, 0.4) is 0 Å². The number of carbonyl (C=O) groups excluding carboxylic acids is 1. The number of benzene rings is 3. The maximum Gasteiger partial charge on any atom is 0.251 e. The molecule has 0 spiro atoms. The Labute approximate surface area is 184 Å². The first kappa shape index (κ1) is 22.6. The van der Waals surface area contributed by atoms with Crippen LogP contribution in [0.2, 0.25) is 0 Å². The van der Waals surface area contributed by atoms with Gasteiger partial charge in [-0.2, -0.15) is 0 Å². The first-order chi connectivity index (χ1) is 14.6. The van der Waals surface area contributed by atoms with E-state index in [1.165, 1.54) is 11.8 Å². The third-order valence-corrected chi connectivity index (χ3v) is 6.59. The summed E-state index contributed by atoms with van der Waals surface area (Å²) in [6.45, 7) is 6.68. The summed E-state index contributed by atoms with van der Waals surface area (Å²) in [6, 6.07) is 19.0. The Morgan fingerprint density at radius 1 is 0.806 bits per heavy atom. The Hall–Kier alpha value is -3.12. The van der Waals surface area contributed by atoms with Gasteiger partial charge in [-0.1, -0.05) is 48.0 Å². The van der Waals surface area contributed by atoms with Crippen molar-refractivity contribution in [1.29, 1.82) is 0 Å². The smallest absolute Gasteiger partial charge is 0.251 e. The number of nitrogens with one attached hydrogen (secondary N) is 2. The summed E-state index contributed by atoms with van der Waals surface area (Å²) in [4.78, 5) is 12.7. The molecule has 6 heteroatoms. The average molecular weight is 437 g/mol. The highest BCUT2D eigenvalue weighted by Crippen LogP contribution is 2.28. The van der Waals surface area contributed by atoms with Crippen LogP contribution in [-0.4, -0.2) is 20.6 Å². The van der Waals surface area contributed by atoms with Gasteiger partial charge in [-0.05, 0) is 61.2 Å². The summed E-state index contributed by atoms with van der Waals surface area (Å²) in [6.07, 6.45) is 1.23. The fourth-order valence-electron chi connectivity index (χ4n) is 3.37. The van der Waals surface area contributed by atoms with Crippen molar-refractivity contribution in [2.45, 2.75) is 38.8 Å². The molecule has 0 aromatic heterocycles. The van der Waals surface area contributed by atoms with Gasteiger partial charge in [0, 0.05) is 24.9 Å². The lowest BCUT2D eigenvalue weighted by Crippen LogP contribution is -2.22. The molecule has 0 saturated heterocycles. The first-order valence-corrected chi connectivity index (χ1v) is 12.0. The third-order valence-electron chi connectivity index (χ3n) is 5.32. The van der Waals surface area contributed by atoms with Crippen molar-refractivity contribution in [3.05, 3.63) is 94.0 Å². The van der Waals surface area contributed by atoms with E-state index in [1.807, 2.05) is 63.2 Å². The molecule has 0 unspecified atom stereocenters. The monoisotopic (exact) mass is 436 g/mol. The van der Waals surface area contributed by atoms with Crippen LogP contribution >= 0.6 is 0 Å². The molecule has 0 bridgehead atoms. The maximum absolute atomic E-state index is 12.4. The second kappa shape index (κ2) is 9.35. The van der Waals surface area contributed by atoms with Gasteiger partial charge in [0.05, 0.1) is 10.6 Å². The molecule has 0 saturated carbocycles. The molecule has 1 amide bonds. The second-order valence-electron chi connectivity index (χ2n) is 7.88. The molecule has 3 rings (SSSR count). The fraction of sp³-hybridized carbons (Fsp3) is 0.240. The molecule has 3 aromatic carbocycles. The molecule has 0 atom stereocenters. The number of amides is 1. The largest absolute Gasteiger partial charge is 0.380 e. The fourth-order valence-corrected chi connectivity index (χ4v) is 4.63. The third kappa shape index (κ3) is 5.73. The molecule has 5 nitrogen and oxygen atoms in total. The van der Waals surface area contributed by atoms with Crippen LogP contribution in [0.1, 0.15) is 38.2 Å². The van der Waals surface area contributed by atoms with Gasteiger partial charge in [0.15, 0.2) is 9.84 Å². The standard InChI is InChI=1S/C25H28N2O3S/c1-17-5-8-20(9-6-17)16-27-25(28)22-12-10-21(11-13-22)15-26-23-14-7-18(2)19(3)24(23)31(4,29)30/h5-14,26H,15-16H2,1-4H3,(H,27,28). The van der Waals surface area contributed by atoms with Crippen molar-refractivity contribution in [2.75, 3.05) is 11.6 Å². The number of aryl methyl sites for hydroxylation is 2. The van der Waals surface area contributed by atoms with E-state index < -0.39 is 9.84 Å². The van der Waals surface area contributed by atoms with Crippen molar-refractivity contribution in [1.82, 2.24) is 5.32 Å². The molecule has 0 heterocycles.